The van der Waals surface area contributed by atoms with Crippen LogP contribution >= 0.6 is 0 Å². The van der Waals surface area contributed by atoms with Crippen LogP contribution in [0.3, 0.4) is 0 Å². The smallest absolute Gasteiger partial charge is 0.259 e. The Balaban J connectivity index is 1.24. The maximum absolute atomic E-state index is 13.9. The zero-order valence-corrected chi connectivity index (χ0v) is 23.4. The lowest BCUT2D eigenvalue weighted by atomic mass is 9.87. The van der Waals surface area contributed by atoms with Crippen molar-refractivity contribution in [3.63, 3.8) is 0 Å². The Morgan fingerprint density at radius 1 is 0.925 bits per heavy atom. The Kier molecular flexibility index (Phi) is 7.55. The SMILES string of the molecule is COCc1c(C(=O)N2CCN([C@@H]3CCc4ccccc4C3)CC2)c(=O)cc(C)n1Cc1cccc2ccccc12. The molecule has 1 aliphatic heterocycles. The minimum Gasteiger partial charge on any atom is -0.378 e. The molecule has 0 spiro atoms. The van der Waals surface area contributed by atoms with Gasteiger partial charge in [0.2, 0.25) is 0 Å². The van der Waals surface area contributed by atoms with Gasteiger partial charge in [0, 0.05) is 57.6 Å². The Morgan fingerprint density at radius 2 is 1.65 bits per heavy atom. The molecule has 4 aromatic rings. The lowest BCUT2D eigenvalue weighted by molar-refractivity contribution is 0.0546. The zero-order valence-electron chi connectivity index (χ0n) is 23.4. The summed E-state index contributed by atoms with van der Waals surface area (Å²) in [5.41, 5.74) is 5.55. The van der Waals surface area contributed by atoms with Crippen molar-refractivity contribution in [2.24, 2.45) is 0 Å². The molecule has 1 fully saturated rings. The molecule has 1 aliphatic carbocycles. The number of nitrogens with zero attached hydrogens (tertiary/aromatic N) is 3. The van der Waals surface area contributed by atoms with Gasteiger partial charge in [0.05, 0.1) is 12.3 Å². The summed E-state index contributed by atoms with van der Waals surface area (Å²) in [5, 5.41) is 2.34. The number of rotatable bonds is 6. The van der Waals surface area contributed by atoms with Crippen molar-refractivity contribution in [2.75, 3.05) is 33.3 Å². The number of aryl methyl sites for hydroxylation is 2. The van der Waals surface area contributed by atoms with Gasteiger partial charge in [-0.1, -0.05) is 66.7 Å². The van der Waals surface area contributed by atoms with E-state index < -0.39 is 0 Å². The number of fused-ring (bicyclic) bond motifs is 2. The molecule has 6 rings (SSSR count). The quantitative estimate of drug-likeness (QED) is 0.355. The van der Waals surface area contributed by atoms with E-state index in [4.69, 9.17) is 4.74 Å². The van der Waals surface area contributed by atoms with Gasteiger partial charge in [0.15, 0.2) is 5.43 Å². The summed E-state index contributed by atoms with van der Waals surface area (Å²) < 4.78 is 7.65. The van der Waals surface area contributed by atoms with Gasteiger partial charge in [-0.15, -0.1) is 0 Å². The number of amides is 1. The van der Waals surface area contributed by atoms with Gasteiger partial charge >= 0.3 is 0 Å². The topological polar surface area (TPSA) is 54.8 Å². The number of aromatic nitrogens is 1. The first-order valence-electron chi connectivity index (χ1n) is 14.3. The number of carbonyl (C=O) groups is 1. The molecule has 3 aromatic carbocycles. The standard InChI is InChI=1S/C34H37N3O3/c1-24-20-32(38)33(31(23-40-2)37(24)22-28-12-7-11-26-9-5-6-13-30(26)28)34(39)36-18-16-35(17-19-36)29-15-14-25-8-3-4-10-27(25)21-29/h3-13,20,29H,14-19,21-23H2,1-2H3/t29-/m1/s1. The van der Waals surface area contributed by atoms with Gasteiger partial charge in [-0.05, 0) is 53.6 Å². The fourth-order valence-corrected chi connectivity index (χ4v) is 6.60. The highest BCUT2D eigenvalue weighted by molar-refractivity contribution is 5.95. The van der Waals surface area contributed by atoms with E-state index in [9.17, 15) is 9.59 Å². The molecule has 206 valence electrons. The normalized spacial score (nSPS) is 17.6. The Bertz CT molecular complexity index is 1590. The van der Waals surface area contributed by atoms with Crippen LogP contribution in [0.4, 0.5) is 0 Å². The number of hydrogen-bond donors (Lipinski definition) is 0. The number of pyridine rings is 1. The monoisotopic (exact) mass is 535 g/mol. The number of carbonyl (C=O) groups excluding carboxylic acids is 1. The molecule has 1 aromatic heterocycles. The number of methoxy groups -OCH3 is 1. The number of piperazine rings is 1. The third kappa shape index (κ3) is 5.09. The van der Waals surface area contributed by atoms with E-state index in [1.165, 1.54) is 21.9 Å². The van der Waals surface area contributed by atoms with Crippen LogP contribution < -0.4 is 5.43 Å². The molecule has 0 unspecified atom stereocenters. The van der Waals surface area contributed by atoms with Gasteiger partial charge in [-0.3, -0.25) is 14.5 Å². The van der Waals surface area contributed by atoms with E-state index in [1.54, 1.807) is 13.2 Å². The molecular weight excluding hydrogens is 498 g/mol. The van der Waals surface area contributed by atoms with E-state index >= 15 is 0 Å². The fraction of sp³-hybridized carbons (Fsp3) is 0.353. The molecule has 1 atom stereocenters. The summed E-state index contributed by atoms with van der Waals surface area (Å²) in [5.74, 6) is -0.183. The van der Waals surface area contributed by atoms with E-state index in [0.29, 0.717) is 31.4 Å². The summed E-state index contributed by atoms with van der Waals surface area (Å²) >= 11 is 0. The van der Waals surface area contributed by atoms with Crippen LogP contribution in [0.2, 0.25) is 0 Å². The van der Waals surface area contributed by atoms with Crippen LogP contribution in [-0.4, -0.2) is 59.6 Å². The summed E-state index contributed by atoms with van der Waals surface area (Å²) in [6, 6.07) is 25.4. The predicted molar refractivity (Wildman–Crippen MR) is 159 cm³/mol. The first-order valence-corrected chi connectivity index (χ1v) is 14.3. The fourth-order valence-electron chi connectivity index (χ4n) is 6.60. The van der Waals surface area contributed by atoms with Gasteiger partial charge in [0.25, 0.3) is 5.91 Å². The van der Waals surface area contributed by atoms with Gasteiger partial charge in [0.1, 0.15) is 5.56 Å². The van der Waals surface area contributed by atoms with Crippen LogP contribution in [0, 0.1) is 6.92 Å². The van der Waals surface area contributed by atoms with Crippen molar-refractivity contribution in [1.82, 2.24) is 14.4 Å². The first-order chi connectivity index (χ1) is 19.5. The number of hydrogen-bond acceptors (Lipinski definition) is 4. The Hall–Kier alpha value is -3.74. The summed E-state index contributed by atoms with van der Waals surface area (Å²) in [6.07, 6.45) is 3.33. The second-order valence-electron chi connectivity index (χ2n) is 11.1. The molecule has 0 N–H and O–H groups in total. The van der Waals surface area contributed by atoms with E-state index in [0.717, 1.165) is 43.6 Å². The Labute approximate surface area is 235 Å². The second-order valence-corrected chi connectivity index (χ2v) is 11.1. The third-order valence-corrected chi connectivity index (χ3v) is 8.77. The van der Waals surface area contributed by atoms with Crippen molar-refractivity contribution in [1.29, 1.82) is 0 Å². The highest BCUT2D eigenvalue weighted by atomic mass is 16.5. The molecule has 40 heavy (non-hydrogen) atoms. The maximum atomic E-state index is 13.9. The zero-order chi connectivity index (χ0) is 27.6. The van der Waals surface area contributed by atoms with Crippen molar-refractivity contribution in [3.05, 3.63) is 117 Å². The maximum Gasteiger partial charge on any atom is 0.259 e. The summed E-state index contributed by atoms with van der Waals surface area (Å²) in [6.45, 7) is 5.59. The first kappa shape index (κ1) is 26.5. The molecule has 6 nitrogen and oxygen atoms in total. The summed E-state index contributed by atoms with van der Waals surface area (Å²) in [4.78, 5) is 31.7. The molecule has 0 radical (unpaired) electrons. The van der Waals surface area contributed by atoms with E-state index in [1.807, 2.05) is 24.0 Å². The van der Waals surface area contributed by atoms with Gasteiger partial charge in [-0.25, -0.2) is 0 Å². The molecule has 1 saturated heterocycles. The van der Waals surface area contributed by atoms with Crippen LogP contribution in [0.15, 0.2) is 77.6 Å². The average Bonchev–Trinajstić information content (AvgIpc) is 2.99. The summed E-state index contributed by atoms with van der Waals surface area (Å²) in [7, 11) is 1.62. The van der Waals surface area contributed by atoms with Crippen LogP contribution in [0.5, 0.6) is 0 Å². The lowest BCUT2D eigenvalue weighted by Crippen LogP contribution is -2.53. The highest BCUT2D eigenvalue weighted by Gasteiger charge is 2.31. The van der Waals surface area contributed by atoms with Crippen molar-refractivity contribution < 1.29 is 9.53 Å². The van der Waals surface area contributed by atoms with E-state index in [-0.39, 0.29) is 23.5 Å². The number of benzene rings is 3. The minimum atomic E-state index is -0.227. The number of ether oxygens (including phenoxy) is 1. The average molecular weight is 536 g/mol. The second kappa shape index (κ2) is 11.4. The molecule has 2 aliphatic rings. The largest absolute Gasteiger partial charge is 0.378 e. The molecule has 0 bridgehead atoms. The van der Waals surface area contributed by atoms with Crippen molar-refractivity contribution >= 4 is 16.7 Å². The Morgan fingerprint density at radius 3 is 2.45 bits per heavy atom. The molecule has 0 saturated carbocycles. The highest BCUT2D eigenvalue weighted by Crippen LogP contribution is 2.26. The van der Waals surface area contributed by atoms with E-state index in [2.05, 4.69) is 64.1 Å². The van der Waals surface area contributed by atoms with Crippen molar-refractivity contribution in [3.8, 4) is 0 Å². The lowest BCUT2D eigenvalue weighted by Gasteiger charge is -2.41. The molecular formula is C34H37N3O3. The van der Waals surface area contributed by atoms with Gasteiger partial charge in [-0.2, -0.15) is 0 Å². The van der Waals surface area contributed by atoms with Crippen molar-refractivity contribution in [2.45, 2.75) is 45.4 Å². The predicted octanol–water partition coefficient (Wildman–Crippen LogP) is 4.82. The van der Waals surface area contributed by atoms with Gasteiger partial charge < -0.3 is 14.2 Å². The van der Waals surface area contributed by atoms with Crippen LogP contribution in [0.1, 0.15) is 44.9 Å². The van der Waals surface area contributed by atoms with Crippen LogP contribution in [0.25, 0.3) is 10.8 Å². The molecule has 2 heterocycles. The minimum absolute atomic E-state index is 0.183. The molecule has 6 heteroatoms. The molecule has 1 amide bonds. The third-order valence-electron chi connectivity index (χ3n) is 8.77. The van der Waals surface area contributed by atoms with Crippen LogP contribution in [-0.2, 0) is 30.7 Å².